The Bertz CT molecular complexity index is 375. The zero-order valence-electron chi connectivity index (χ0n) is 11.7. The first-order valence-electron chi connectivity index (χ1n) is 5.97. The third kappa shape index (κ3) is 2.23. The normalized spacial score (nSPS) is 13.2. The van der Waals surface area contributed by atoms with E-state index in [1.807, 2.05) is 0 Å². The number of nitrogens with zero attached hydrogens (tertiary/aromatic N) is 2. The molecule has 0 spiro atoms. The minimum atomic E-state index is -0.0207. The van der Waals surface area contributed by atoms with Crippen LogP contribution in [-0.2, 0) is 17.4 Å². The van der Waals surface area contributed by atoms with Crippen molar-refractivity contribution < 1.29 is 0 Å². The third-order valence-electron chi connectivity index (χ3n) is 2.67. The van der Waals surface area contributed by atoms with Gasteiger partial charge in [-0.05, 0) is 27.2 Å². The Balaban J connectivity index is 3.50. The maximum Gasteiger partial charge on any atom is 0.127 e. The first-order chi connectivity index (χ1) is 7.09. The fourth-order valence-corrected chi connectivity index (χ4v) is 1.92. The summed E-state index contributed by atoms with van der Waals surface area (Å²) in [5.74, 6) is 1.90. The van der Waals surface area contributed by atoms with Crippen LogP contribution in [0.4, 0.5) is 5.82 Å². The van der Waals surface area contributed by atoms with Gasteiger partial charge >= 0.3 is 0 Å². The largest absolute Gasteiger partial charge is 0.384 e. The Kier molecular flexibility index (Phi) is 3.10. The van der Waals surface area contributed by atoms with Gasteiger partial charge in [0.05, 0.1) is 5.69 Å². The second-order valence-corrected chi connectivity index (χ2v) is 6.38. The van der Waals surface area contributed by atoms with Crippen LogP contribution in [0.5, 0.6) is 0 Å². The highest BCUT2D eigenvalue weighted by Crippen LogP contribution is 2.31. The molecule has 0 aromatic carbocycles. The lowest BCUT2D eigenvalue weighted by atomic mass is 9.94. The molecule has 0 saturated carbocycles. The van der Waals surface area contributed by atoms with Gasteiger partial charge in [0.25, 0.3) is 0 Å². The van der Waals surface area contributed by atoms with E-state index in [4.69, 9.17) is 10.7 Å². The van der Waals surface area contributed by atoms with E-state index in [2.05, 4.69) is 53.0 Å². The average molecular weight is 223 g/mol. The van der Waals surface area contributed by atoms with Crippen molar-refractivity contribution in [1.29, 1.82) is 0 Å². The highest BCUT2D eigenvalue weighted by molar-refractivity contribution is 5.41. The van der Waals surface area contributed by atoms with Gasteiger partial charge in [-0.25, -0.2) is 4.98 Å². The molecule has 0 atom stereocenters. The third-order valence-corrected chi connectivity index (χ3v) is 2.67. The first-order valence-corrected chi connectivity index (χ1v) is 5.97. The fourth-order valence-electron chi connectivity index (χ4n) is 1.92. The molecule has 0 bridgehead atoms. The molecular formula is C13H25N3. The number of rotatable bonds is 1. The van der Waals surface area contributed by atoms with Crippen molar-refractivity contribution in [2.75, 3.05) is 5.73 Å². The molecule has 92 valence electrons. The summed E-state index contributed by atoms with van der Waals surface area (Å²) in [5.41, 5.74) is 7.21. The Morgan fingerprint density at radius 2 is 1.62 bits per heavy atom. The molecule has 0 fully saturated rings. The average Bonchev–Trinajstić information content (AvgIpc) is 2.40. The number of hydrogen-bond acceptors (Lipinski definition) is 2. The summed E-state index contributed by atoms with van der Waals surface area (Å²) in [6, 6.07) is 0. The van der Waals surface area contributed by atoms with Crippen LogP contribution < -0.4 is 5.73 Å². The van der Waals surface area contributed by atoms with Crippen molar-refractivity contribution >= 4 is 5.82 Å². The number of anilines is 1. The molecule has 1 heterocycles. The molecule has 0 aliphatic heterocycles. The minimum absolute atomic E-state index is 0.0207. The maximum absolute atomic E-state index is 6.20. The van der Waals surface area contributed by atoms with Gasteiger partial charge in [0.1, 0.15) is 11.6 Å². The van der Waals surface area contributed by atoms with Crippen molar-refractivity contribution in [2.45, 2.75) is 65.8 Å². The van der Waals surface area contributed by atoms with Gasteiger partial charge in [-0.2, -0.15) is 0 Å². The Morgan fingerprint density at radius 1 is 1.12 bits per heavy atom. The smallest absolute Gasteiger partial charge is 0.127 e. The molecule has 16 heavy (non-hydrogen) atoms. The Morgan fingerprint density at radius 3 is 1.88 bits per heavy atom. The molecular weight excluding hydrogens is 198 g/mol. The number of aryl methyl sites for hydroxylation is 1. The van der Waals surface area contributed by atoms with E-state index in [1.54, 1.807) is 0 Å². The molecule has 0 aliphatic rings. The molecule has 2 N–H and O–H groups in total. The fraction of sp³-hybridized carbons (Fsp3) is 0.769. The van der Waals surface area contributed by atoms with Crippen LogP contribution in [0.15, 0.2) is 0 Å². The van der Waals surface area contributed by atoms with Gasteiger partial charge in [0.2, 0.25) is 0 Å². The summed E-state index contributed by atoms with van der Waals surface area (Å²) in [6.45, 7) is 15.1. The van der Waals surface area contributed by atoms with Crippen molar-refractivity contribution in [3.8, 4) is 0 Å². The molecule has 0 aliphatic carbocycles. The summed E-state index contributed by atoms with van der Waals surface area (Å²) < 4.78 is 2.17. The number of imidazole rings is 1. The van der Waals surface area contributed by atoms with Crippen LogP contribution >= 0.6 is 0 Å². The van der Waals surface area contributed by atoms with E-state index >= 15 is 0 Å². The van der Waals surface area contributed by atoms with Crippen LogP contribution in [0.25, 0.3) is 0 Å². The summed E-state index contributed by atoms with van der Waals surface area (Å²) in [7, 11) is 0. The van der Waals surface area contributed by atoms with E-state index in [1.165, 1.54) is 0 Å². The van der Waals surface area contributed by atoms with Crippen LogP contribution in [0, 0.1) is 0 Å². The standard InChI is InChI=1S/C13H25N3/c1-8-9-10(14)16(13(5,6)7)11(15-9)12(2,3)4/h8,14H2,1-7H3. The second kappa shape index (κ2) is 3.79. The highest BCUT2D eigenvalue weighted by Gasteiger charge is 2.29. The minimum Gasteiger partial charge on any atom is -0.384 e. The monoisotopic (exact) mass is 223 g/mol. The first kappa shape index (κ1) is 13.1. The number of aromatic nitrogens is 2. The van der Waals surface area contributed by atoms with Gasteiger partial charge in [-0.3, -0.25) is 0 Å². The molecule has 3 heteroatoms. The predicted molar refractivity (Wildman–Crippen MR) is 69.7 cm³/mol. The van der Waals surface area contributed by atoms with E-state index in [0.29, 0.717) is 0 Å². The number of nitrogen functional groups attached to an aromatic ring is 1. The zero-order chi connectivity index (χ0) is 12.7. The molecule has 0 amide bonds. The molecule has 0 unspecified atom stereocenters. The molecule has 0 radical (unpaired) electrons. The summed E-state index contributed by atoms with van der Waals surface area (Å²) in [6.07, 6.45) is 0.887. The zero-order valence-corrected chi connectivity index (χ0v) is 11.7. The molecule has 1 aromatic heterocycles. The predicted octanol–water partition coefficient (Wildman–Crippen LogP) is 3.08. The van der Waals surface area contributed by atoms with Crippen LogP contribution in [0.2, 0.25) is 0 Å². The number of hydrogen-bond donors (Lipinski definition) is 1. The molecule has 0 saturated heterocycles. The quantitative estimate of drug-likeness (QED) is 0.795. The Hall–Kier alpha value is -0.990. The van der Waals surface area contributed by atoms with E-state index < -0.39 is 0 Å². The van der Waals surface area contributed by atoms with E-state index in [0.717, 1.165) is 23.8 Å². The lowest BCUT2D eigenvalue weighted by molar-refractivity contribution is 0.359. The van der Waals surface area contributed by atoms with Gasteiger partial charge < -0.3 is 10.3 Å². The molecule has 3 nitrogen and oxygen atoms in total. The molecule has 1 aromatic rings. The van der Waals surface area contributed by atoms with Crippen molar-refractivity contribution in [1.82, 2.24) is 9.55 Å². The lowest BCUT2D eigenvalue weighted by Gasteiger charge is -2.29. The lowest BCUT2D eigenvalue weighted by Crippen LogP contribution is -2.30. The SMILES string of the molecule is CCc1nc(C(C)(C)C)n(C(C)(C)C)c1N. The topological polar surface area (TPSA) is 43.8 Å². The summed E-state index contributed by atoms with van der Waals surface area (Å²) in [5, 5.41) is 0. The second-order valence-electron chi connectivity index (χ2n) is 6.38. The van der Waals surface area contributed by atoms with E-state index in [9.17, 15) is 0 Å². The van der Waals surface area contributed by atoms with Gasteiger partial charge in [0.15, 0.2) is 0 Å². The highest BCUT2D eigenvalue weighted by atomic mass is 15.2. The van der Waals surface area contributed by atoms with Gasteiger partial charge in [0, 0.05) is 11.0 Å². The molecule has 1 rings (SSSR count). The van der Waals surface area contributed by atoms with Crippen LogP contribution in [0.1, 0.15) is 60.0 Å². The van der Waals surface area contributed by atoms with Crippen molar-refractivity contribution in [2.24, 2.45) is 0 Å². The summed E-state index contributed by atoms with van der Waals surface area (Å²) in [4.78, 5) is 4.70. The van der Waals surface area contributed by atoms with Gasteiger partial charge in [-0.1, -0.05) is 27.7 Å². The van der Waals surface area contributed by atoms with Crippen molar-refractivity contribution in [3.63, 3.8) is 0 Å². The van der Waals surface area contributed by atoms with Crippen molar-refractivity contribution in [3.05, 3.63) is 11.5 Å². The van der Waals surface area contributed by atoms with Crippen LogP contribution in [0.3, 0.4) is 0 Å². The van der Waals surface area contributed by atoms with Crippen LogP contribution in [-0.4, -0.2) is 9.55 Å². The summed E-state index contributed by atoms with van der Waals surface area (Å²) >= 11 is 0. The van der Waals surface area contributed by atoms with E-state index in [-0.39, 0.29) is 11.0 Å². The Labute approximate surface area is 99.1 Å². The number of nitrogens with two attached hydrogens (primary N) is 1. The maximum atomic E-state index is 6.20. The van der Waals surface area contributed by atoms with Gasteiger partial charge in [-0.15, -0.1) is 0 Å².